The second-order valence-corrected chi connectivity index (χ2v) is 13.4. The maximum absolute atomic E-state index is 13.5. The summed E-state index contributed by atoms with van der Waals surface area (Å²) in [5.41, 5.74) is 2.49. The minimum atomic E-state index is -3.19. The number of nitrogens with zero attached hydrogens (tertiary/aromatic N) is 2. The number of benzene rings is 2. The first kappa shape index (κ1) is 28.3. The van der Waals surface area contributed by atoms with Gasteiger partial charge in [-0.25, -0.2) is 8.42 Å². The van der Waals surface area contributed by atoms with Crippen molar-refractivity contribution in [2.45, 2.75) is 70.6 Å². The molecule has 1 saturated heterocycles. The molecular weight excluding hydrogens is 498 g/mol. The topological polar surface area (TPSA) is 86.8 Å². The molecule has 1 aliphatic carbocycles. The highest BCUT2D eigenvalue weighted by Gasteiger charge is 2.44. The molecule has 0 bridgehead atoms. The molecule has 2 aromatic rings. The Labute approximate surface area is 227 Å². The van der Waals surface area contributed by atoms with Crippen LogP contribution in [-0.4, -0.2) is 79.3 Å². The predicted molar refractivity (Wildman–Crippen MR) is 152 cm³/mol. The largest absolute Gasteiger partial charge is 0.340 e. The van der Waals surface area contributed by atoms with Crippen molar-refractivity contribution in [1.29, 1.82) is 0 Å². The summed E-state index contributed by atoms with van der Waals surface area (Å²) in [6.45, 7) is 6.52. The SMILES string of the molecule is CCS(=O)(=O)C[C@@H]1C[C@H](N(C)C(C)C)CC[C@@H]1N1CCC(NC(=O)c2cccc(-c3ccccc3)c2)C1=O. The lowest BCUT2D eigenvalue weighted by Gasteiger charge is -2.44. The Morgan fingerprint density at radius 3 is 2.45 bits per heavy atom. The van der Waals surface area contributed by atoms with Crippen molar-refractivity contribution in [3.8, 4) is 11.1 Å². The molecule has 0 spiro atoms. The Morgan fingerprint density at radius 1 is 1.05 bits per heavy atom. The molecule has 1 heterocycles. The minimum absolute atomic E-state index is 0.0999. The molecular formula is C30H41N3O4S. The number of sulfone groups is 1. The average Bonchev–Trinajstić information content (AvgIpc) is 3.27. The van der Waals surface area contributed by atoms with Crippen molar-refractivity contribution in [2.24, 2.45) is 5.92 Å². The van der Waals surface area contributed by atoms with E-state index >= 15 is 0 Å². The van der Waals surface area contributed by atoms with E-state index in [9.17, 15) is 18.0 Å². The van der Waals surface area contributed by atoms with Crippen molar-refractivity contribution in [3.05, 3.63) is 60.2 Å². The van der Waals surface area contributed by atoms with Gasteiger partial charge in [-0.15, -0.1) is 0 Å². The van der Waals surface area contributed by atoms with Crippen molar-refractivity contribution in [2.75, 3.05) is 25.1 Å². The van der Waals surface area contributed by atoms with Crippen LogP contribution in [0.4, 0.5) is 0 Å². The second kappa shape index (κ2) is 12.0. The Hall–Kier alpha value is -2.71. The van der Waals surface area contributed by atoms with Crippen LogP contribution in [0.25, 0.3) is 11.1 Å². The van der Waals surface area contributed by atoms with Crippen LogP contribution in [0.2, 0.25) is 0 Å². The minimum Gasteiger partial charge on any atom is -0.340 e. The monoisotopic (exact) mass is 539 g/mol. The Balaban J connectivity index is 1.46. The third kappa shape index (κ3) is 6.46. The zero-order valence-electron chi connectivity index (χ0n) is 23.0. The Bertz CT molecular complexity index is 1230. The molecule has 1 saturated carbocycles. The van der Waals surface area contributed by atoms with Crippen LogP contribution in [0.5, 0.6) is 0 Å². The summed E-state index contributed by atoms with van der Waals surface area (Å²) in [6, 6.07) is 17.2. The first-order valence-corrected chi connectivity index (χ1v) is 15.6. The molecule has 1 N–H and O–H groups in total. The fourth-order valence-electron chi connectivity index (χ4n) is 5.93. The zero-order valence-corrected chi connectivity index (χ0v) is 23.8. The highest BCUT2D eigenvalue weighted by atomic mass is 32.2. The summed E-state index contributed by atoms with van der Waals surface area (Å²) in [6.07, 6.45) is 2.99. The van der Waals surface area contributed by atoms with Crippen LogP contribution in [0, 0.1) is 5.92 Å². The van der Waals surface area contributed by atoms with Gasteiger partial charge in [0.05, 0.1) is 5.75 Å². The lowest BCUT2D eigenvalue weighted by Crippen LogP contribution is -2.53. The van der Waals surface area contributed by atoms with Gasteiger partial charge < -0.3 is 15.1 Å². The highest BCUT2D eigenvalue weighted by molar-refractivity contribution is 7.91. The number of carbonyl (C=O) groups excluding carboxylic acids is 2. The lowest BCUT2D eigenvalue weighted by atomic mass is 9.81. The predicted octanol–water partition coefficient (Wildman–Crippen LogP) is 4.00. The number of hydrogen-bond acceptors (Lipinski definition) is 5. The first-order chi connectivity index (χ1) is 18.1. The van der Waals surface area contributed by atoms with Gasteiger partial charge in [0.1, 0.15) is 15.9 Å². The van der Waals surface area contributed by atoms with E-state index in [2.05, 4.69) is 31.1 Å². The molecule has 0 radical (unpaired) electrons. The third-order valence-corrected chi connectivity index (χ3v) is 10.2. The summed E-state index contributed by atoms with van der Waals surface area (Å²) in [5, 5.41) is 2.95. The molecule has 2 amide bonds. The standard InChI is InChI=1S/C30H41N3O4S/c1-5-38(36,37)20-25-19-26(32(4)21(2)3)14-15-28(25)33-17-16-27(30(33)35)31-29(34)24-13-9-12-23(18-24)22-10-7-6-8-11-22/h6-13,18,21,25-28H,5,14-17,19-20H2,1-4H3,(H,31,34)/t25-,26+,27?,28-/m0/s1. The number of hydrogen-bond donors (Lipinski definition) is 1. The van der Waals surface area contributed by atoms with Gasteiger partial charge in [-0.2, -0.15) is 0 Å². The average molecular weight is 540 g/mol. The fourth-order valence-corrected chi connectivity index (χ4v) is 7.17. The maximum Gasteiger partial charge on any atom is 0.251 e. The van der Waals surface area contributed by atoms with Gasteiger partial charge >= 0.3 is 0 Å². The molecule has 206 valence electrons. The fraction of sp³-hybridized carbons (Fsp3) is 0.533. The molecule has 2 fully saturated rings. The quantitative estimate of drug-likeness (QED) is 0.521. The van der Waals surface area contributed by atoms with Gasteiger partial charge in [0.15, 0.2) is 0 Å². The number of likely N-dealkylation sites (tertiary alicyclic amines) is 1. The molecule has 38 heavy (non-hydrogen) atoms. The van der Waals surface area contributed by atoms with Gasteiger partial charge in [-0.3, -0.25) is 9.59 Å². The molecule has 4 atom stereocenters. The molecule has 1 unspecified atom stereocenters. The van der Waals surface area contributed by atoms with Crippen molar-refractivity contribution < 1.29 is 18.0 Å². The summed E-state index contributed by atoms with van der Waals surface area (Å²) in [7, 11) is -1.09. The van der Waals surface area contributed by atoms with Crippen LogP contribution >= 0.6 is 0 Å². The summed E-state index contributed by atoms with van der Waals surface area (Å²) in [5.74, 6) is -0.271. The summed E-state index contributed by atoms with van der Waals surface area (Å²) in [4.78, 5) is 30.8. The highest BCUT2D eigenvalue weighted by Crippen LogP contribution is 2.35. The number of amides is 2. The summed E-state index contributed by atoms with van der Waals surface area (Å²) < 4.78 is 25.3. The van der Waals surface area contributed by atoms with E-state index in [0.29, 0.717) is 30.6 Å². The Kier molecular flexibility index (Phi) is 8.93. The number of nitrogens with one attached hydrogen (secondary N) is 1. The molecule has 4 rings (SSSR count). The van der Waals surface area contributed by atoms with E-state index < -0.39 is 15.9 Å². The lowest BCUT2D eigenvalue weighted by molar-refractivity contribution is -0.133. The smallest absolute Gasteiger partial charge is 0.251 e. The van der Waals surface area contributed by atoms with E-state index in [-0.39, 0.29) is 35.3 Å². The molecule has 2 aromatic carbocycles. The van der Waals surface area contributed by atoms with Crippen LogP contribution < -0.4 is 5.32 Å². The first-order valence-electron chi connectivity index (χ1n) is 13.8. The van der Waals surface area contributed by atoms with Crippen LogP contribution in [0.15, 0.2) is 54.6 Å². The summed E-state index contributed by atoms with van der Waals surface area (Å²) >= 11 is 0. The van der Waals surface area contributed by atoms with Gasteiger partial charge in [-0.1, -0.05) is 49.4 Å². The van der Waals surface area contributed by atoms with E-state index in [4.69, 9.17) is 0 Å². The van der Waals surface area contributed by atoms with Gasteiger partial charge in [0.2, 0.25) is 5.91 Å². The van der Waals surface area contributed by atoms with E-state index in [1.807, 2.05) is 53.4 Å². The van der Waals surface area contributed by atoms with E-state index in [1.54, 1.807) is 13.0 Å². The maximum atomic E-state index is 13.5. The van der Waals surface area contributed by atoms with Crippen molar-refractivity contribution in [3.63, 3.8) is 0 Å². The number of rotatable bonds is 9. The molecule has 1 aliphatic heterocycles. The van der Waals surface area contributed by atoms with Gasteiger partial charge in [0, 0.05) is 36.0 Å². The third-order valence-electron chi connectivity index (χ3n) is 8.39. The second-order valence-electron chi connectivity index (χ2n) is 11.0. The molecule has 0 aromatic heterocycles. The van der Waals surface area contributed by atoms with Gasteiger partial charge in [-0.05, 0) is 75.8 Å². The van der Waals surface area contributed by atoms with Crippen LogP contribution in [0.3, 0.4) is 0 Å². The van der Waals surface area contributed by atoms with E-state index in [0.717, 1.165) is 30.4 Å². The molecule has 8 heteroatoms. The Morgan fingerprint density at radius 2 is 1.76 bits per heavy atom. The van der Waals surface area contributed by atoms with E-state index in [1.165, 1.54) is 0 Å². The molecule has 7 nitrogen and oxygen atoms in total. The van der Waals surface area contributed by atoms with Gasteiger partial charge in [0.25, 0.3) is 5.91 Å². The van der Waals surface area contributed by atoms with Crippen LogP contribution in [-0.2, 0) is 14.6 Å². The number of carbonyl (C=O) groups is 2. The van der Waals surface area contributed by atoms with Crippen molar-refractivity contribution in [1.82, 2.24) is 15.1 Å². The van der Waals surface area contributed by atoms with Crippen molar-refractivity contribution >= 4 is 21.7 Å². The van der Waals surface area contributed by atoms with Crippen LogP contribution in [0.1, 0.15) is 56.8 Å². The zero-order chi connectivity index (χ0) is 27.4. The normalized spacial score (nSPS) is 24.3. The molecule has 2 aliphatic rings.